The molecule has 0 aliphatic carbocycles. The fourth-order valence-corrected chi connectivity index (χ4v) is 3.43. The molecule has 5 nitrogen and oxygen atoms in total. The highest BCUT2D eigenvalue weighted by Crippen LogP contribution is 2.26. The number of ether oxygens (including phenoxy) is 1. The maximum atomic E-state index is 13.0. The van der Waals surface area contributed by atoms with E-state index in [-0.39, 0.29) is 11.9 Å². The van der Waals surface area contributed by atoms with Crippen LogP contribution in [0, 0.1) is 5.82 Å². The molecule has 0 saturated carbocycles. The highest BCUT2D eigenvalue weighted by atomic mass is 32.1. The van der Waals surface area contributed by atoms with Crippen molar-refractivity contribution in [1.82, 2.24) is 15.0 Å². The minimum absolute atomic E-state index is 0.0123. The predicted molar refractivity (Wildman–Crippen MR) is 88.0 cm³/mol. The van der Waals surface area contributed by atoms with Crippen molar-refractivity contribution in [2.75, 3.05) is 19.7 Å². The van der Waals surface area contributed by atoms with Crippen LogP contribution in [-0.2, 0) is 11.3 Å². The summed E-state index contributed by atoms with van der Waals surface area (Å²) in [5.74, 6) is 0.526. The Morgan fingerprint density at radius 3 is 2.96 bits per heavy atom. The topological polar surface area (TPSA) is 51.4 Å². The summed E-state index contributed by atoms with van der Waals surface area (Å²) in [6.45, 7) is 2.96. The van der Waals surface area contributed by atoms with Gasteiger partial charge in [-0.25, -0.2) is 9.37 Å². The molecule has 24 heavy (non-hydrogen) atoms. The molecule has 3 heterocycles. The van der Waals surface area contributed by atoms with Gasteiger partial charge in [-0.3, -0.25) is 4.90 Å². The Kier molecular flexibility index (Phi) is 4.38. The van der Waals surface area contributed by atoms with Crippen LogP contribution in [0.15, 0.2) is 46.4 Å². The molecule has 1 unspecified atom stereocenters. The minimum atomic E-state index is -0.260. The number of hydrogen-bond donors (Lipinski definition) is 0. The molecular formula is C17H16FN3O2S. The molecule has 1 fully saturated rings. The molecule has 4 rings (SSSR count). The molecule has 0 N–H and O–H groups in total. The Balaban J connectivity index is 1.43. The quantitative estimate of drug-likeness (QED) is 0.724. The summed E-state index contributed by atoms with van der Waals surface area (Å²) in [5.41, 5.74) is 1.56. The first-order valence-corrected chi connectivity index (χ1v) is 8.61. The Morgan fingerprint density at radius 1 is 1.29 bits per heavy atom. The van der Waals surface area contributed by atoms with Crippen molar-refractivity contribution in [2.45, 2.75) is 12.6 Å². The number of aromatic nitrogens is 2. The van der Waals surface area contributed by atoms with E-state index in [0.29, 0.717) is 13.2 Å². The first-order valence-electron chi connectivity index (χ1n) is 7.73. The van der Waals surface area contributed by atoms with Crippen LogP contribution in [0.25, 0.3) is 11.3 Å². The van der Waals surface area contributed by atoms with E-state index < -0.39 is 0 Å². The molecule has 0 bridgehead atoms. The third kappa shape index (κ3) is 3.38. The van der Waals surface area contributed by atoms with Crippen molar-refractivity contribution in [3.05, 3.63) is 58.5 Å². The van der Waals surface area contributed by atoms with E-state index in [2.05, 4.69) is 15.0 Å². The summed E-state index contributed by atoms with van der Waals surface area (Å²) in [5, 5.41) is 7.05. The fraction of sp³-hybridized carbons (Fsp3) is 0.294. The normalized spacial score (nSPS) is 18.8. The van der Waals surface area contributed by atoms with Crippen LogP contribution in [0.2, 0.25) is 0 Å². The van der Waals surface area contributed by atoms with E-state index in [1.165, 1.54) is 12.1 Å². The smallest absolute Gasteiger partial charge is 0.151 e. The van der Waals surface area contributed by atoms with Gasteiger partial charge in [0.2, 0.25) is 0 Å². The lowest BCUT2D eigenvalue weighted by Gasteiger charge is -2.31. The molecule has 0 spiro atoms. The van der Waals surface area contributed by atoms with E-state index in [4.69, 9.17) is 9.26 Å². The number of rotatable bonds is 4. The van der Waals surface area contributed by atoms with Crippen LogP contribution in [0.4, 0.5) is 4.39 Å². The zero-order valence-electron chi connectivity index (χ0n) is 12.9. The monoisotopic (exact) mass is 345 g/mol. The average Bonchev–Trinajstić information content (AvgIpc) is 3.28. The van der Waals surface area contributed by atoms with Gasteiger partial charge in [-0.2, -0.15) is 0 Å². The first-order chi connectivity index (χ1) is 11.8. The Labute approximate surface area is 142 Å². The molecule has 124 valence electrons. The van der Waals surface area contributed by atoms with Gasteiger partial charge < -0.3 is 9.26 Å². The van der Waals surface area contributed by atoms with Gasteiger partial charge >= 0.3 is 0 Å². The highest BCUT2D eigenvalue weighted by molar-refractivity contribution is 7.09. The number of morpholine rings is 1. The molecule has 0 radical (unpaired) electrons. The third-order valence-electron chi connectivity index (χ3n) is 3.96. The van der Waals surface area contributed by atoms with Crippen molar-refractivity contribution in [3.8, 4) is 11.3 Å². The predicted octanol–water partition coefficient (Wildman–Crippen LogP) is 3.51. The van der Waals surface area contributed by atoms with Gasteiger partial charge in [-0.1, -0.05) is 5.16 Å². The summed E-state index contributed by atoms with van der Waals surface area (Å²) >= 11 is 1.61. The summed E-state index contributed by atoms with van der Waals surface area (Å²) in [4.78, 5) is 6.60. The van der Waals surface area contributed by atoms with E-state index >= 15 is 0 Å². The van der Waals surface area contributed by atoms with E-state index in [0.717, 1.165) is 35.1 Å². The highest BCUT2D eigenvalue weighted by Gasteiger charge is 2.24. The number of hydrogen-bond acceptors (Lipinski definition) is 6. The maximum Gasteiger partial charge on any atom is 0.151 e. The number of halogens is 1. The molecule has 1 aromatic carbocycles. The van der Waals surface area contributed by atoms with Crippen LogP contribution in [0.1, 0.15) is 16.9 Å². The standard InChI is InChI=1S/C17H16FN3O2S/c18-13-3-1-12(2-4-13)15-9-14(23-20-15)10-21-6-7-22-16(11-21)17-19-5-8-24-17/h1-5,8-9,16H,6-7,10-11H2. The summed E-state index contributed by atoms with van der Waals surface area (Å²) in [6, 6.07) is 8.14. The second-order valence-electron chi connectivity index (χ2n) is 5.65. The first kappa shape index (κ1) is 15.4. The van der Waals surface area contributed by atoms with E-state index in [1.54, 1.807) is 29.7 Å². The van der Waals surface area contributed by atoms with E-state index in [1.807, 2.05) is 11.4 Å². The van der Waals surface area contributed by atoms with Gasteiger partial charge in [0.05, 0.1) is 13.2 Å². The maximum absolute atomic E-state index is 13.0. The zero-order valence-corrected chi connectivity index (χ0v) is 13.7. The third-order valence-corrected chi connectivity index (χ3v) is 4.82. The van der Waals surface area contributed by atoms with E-state index in [9.17, 15) is 4.39 Å². The summed E-state index contributed by atoms with van der Waals surface area (Å²) in [7, 11) is 0. The van der Waals surface area contributed by atoms with Crippen LogP contribution < -0.4 is 0 Å². The van der Waals surface area contributed by atoms with Crippen molar-refractivity contribution in [1.29, 1.82) is 0 Å². The van der Waals surface area contributed by atoms with Crippen molar-refractivity contribution in [3.63, 3.8) is 0 Å². The van der Waals surface area contributed by atoms with Crippen LogP contribution in [-0.4, -0.2) is 34.7 Å². The van der Waals surface area contributed by atoms with Crippen LogP contribution >= 0.6 is 11.3 Å². The summed E-state index contributed by atoms with van der Waals surface area (Å²) in [6.07, 6.45) is 1.81. The van der Waals surface area contributed by atoms with Crippen molar-refractivity contribution in [2.24, 2.45) is 0 Å². The number of thiazole rings is 1. The van der Waals surface area contributed by atoms with Gasteiger partial charge in [0, 0.05) is 36.3 Å². The van der Waals surface area contributed by atoms with Gasteiger partial charge in [0.15, 0.2) is 5.76 Å². The molecule has 7 heteroatoms. The largest absolute Gasteiger partial charge is 0.368 e. The lowest BCUT2D eigenvalue weighted by Crippen LogP contribution is -2.37. The zero-order chi connectivity index (χ0) is 16.4. The fourth-order valence-electron chi connectivity index (χ4n) is 2.75. The summed E-state index contributed by atoms with van der Waals surface area (Å²) < 4.78 is 24.2. The van der Waals surface area contributed by atoms with Crippen molar-refractivity contribution >= 4 is 11.3 Å². The van der Waals surface area contributed by atoms with Crippen LogP contribution in [0.3, 0.4) is 0 Å². The van der Waals surface area contributed by atoms with Gasteiger partial charge in [0.1, 0.15) is 22.6 Å². The molecule has 3 aromatic rings. The van der Waals surface area contributed by atoms with Gasteiger partial charge in [-0.15, -0.1) is 11.3 Å². The van der Waals surface area contributed by atoms with Crippen LogP contribution in [0.5, 0.6) is 0 Å². The van der Waals surface area contributed by atoms with Crippen molar-refractivity contribution < 1.29 is 13.7 Å². The Bertz CT molecular complexity index is 789. The van der Waals surface area contributed by atoms with Gasteiger partial charge in [-0.05, 0) is 24.3 Å². The molecule has 1 aliphatic heterocycles. The number of benzene rings is 1. The lowest BCUT2D eigenvalue weighted by molar-refractivity contribution is -0.0351. The molecular weight excluding hydrogens is 329 g/mol. The Hall–Kier alpha value is -2.09. The minimum Gasteiger partial charge on any atom is -0.368 e. The second-order valence-corrected chi connectivity index (χ2v) is 6.58. The molecule has 2 aromatic heterocycles. The molecule has 1 saturated heterocycles. The van der Waals surface area contributed by atoms with Gasteiger partial charge in [0.25, 0.3) is 0 Å². The Morgan fingerprint density at radius 2 is 2.17 bits per heavy atom. The lowest BCUT2D eigenvalue weighted by atomic mass is 10.1. The molecule has 1 atom stereocenters. The molecule has 1 aliphatic rings. The SMILES string of the molecule is Fc1ccc(-c2cc(CN3CCOC(c4nccs4)C3)on2)cc1. The number of nitrogens with zero attached hydrogens (tertiary/aromatic N) is 3. The molecule has 0 amide bonds. The average molecular weight is 345 g/mol. The second kappa shape index (κ2) is 6.80.